The van der Waals surface area contributed by atoms with Crippen molar-refractivity contribution < 1.29 is 13.2 Å². The van der Waals surface area contributed by atoms with Gasteiger partial charge in [0.15, 0.2) is 0 Å². The van der Waals surface area contributed by atoms with Gasteiger partial charge < -0.3 is 5.73 Å². The van der Waals surface area contributed by atoms with Gasteiger partial charge in [-0.25, -0.2) is 0 Å². The average molecular weight is 272 g/mol. The van der Waals surface area contributed by atoms with E-state index in [0.717, 1.165) is 6.07 Å². The van der Waals surface area contributed by atoms with E-state index >= 15 is 0 Å². The Bertz CT molecular complexity index is 460. The zero-order valence-corrected chi connectivity index (χ0v) is 11.5. The summed E-state index contributed by atoms with van der Waals surface area (Å²) in [6, 6.07) is 3.96. The molecule has 0 amide bonds. The Morgan fingerprint density at radius 3 is 2.32 bits per heavy atom. The van der Waals surface area contributed by atoms with Gasteiger partial charge in [-0.05, 0) is 43.3 Å². The van der Waals surface area contributed by atoms with E-state index in [1.807, 2.05) is 13.8 Å². The zero-order valence-electron chi connectivity index (χ0n) is 11.5. The topological polar surface area (TPSA) is 38.4 Å². The fourth-order valence-corrected chi connectivity index (χ4v) is 1.22. The van der Waals surface area contributed by atoms with Crippen molar-refractivity contribution >= 4 is 11.9 Å². The van der Waals surface area contributed by atoms with Crippen LogP contribution < -0.4 is 5.73 Å². The monoisotopic (exact) mass is 272 g/mol. The highest BCUT2D eigenvalue weighted by Gasteiger charge is 2.32. The lowest BCUT2D eigenvalue weighted by Gasteiger charge is -2.10. The molecule has 1 aromatic rings. The van der Waals surface area contributed by atoms with E-state index in [4.69, 9.17) is 5.73 Å². The maximum atomic E-state index is 12.6. The fraction of sp³-hybridized carbons (Fsp3) is 0.357. The normalized spacial score (nSPS) is 12.3. The number of rotatable bonds is 2. The number of aryl methyl sites for hydroxylation is 1. The van der Waals surface area contributed by atoms with Crippen LogP contribution in [0.5, 0.6) is 0 Å². The molecule has 0 fully saturated rings. The van der Waals surface area contributed by atoms with E-state index in [2.05, 4.69) is 4.99 Å². The summed E-state index contributed by atoms with van der Waals surface area (Å²) in [6.07, 6.45) is -1.60. The van der Waals surface area contributed by atoms with Gasteiger partial charge in [-0.1, -0.05) is 19.9 Å². The van der Waals surface area contributed by atoms with E-state index in [9.17, 15) is 13.2 Å². The summed E-state index contributed by atoms with van der Waals surface area (Å²) in [6.45, 7) is 7.13. The molecule has 0 aliphatic rings. The molecule has 19 heavy (non-hydrogen) atoms. The number of allylic oxidation sites excluding steroid dienone is 1. The van der Waals surface area contributed by atoms with Gasteiger partial charge in [0, 0.05) is 6.21 Å². The van der Waals surface area contributed by atoms with Crippen LogP contribution in [0.2, 0.25) is 0 Å². The second-order valence-corrected chi connectivity index (χ2v) is 3.67. The fourth-order valence-electron chi connectivity index (χ4n) is 1.22. The first-order valence-electron chi connectivity index (χ1n) is 5.95. The number of benzene rings is 1. The van der Waals surface area contributed by atoms with Gasteiger partial charge in [-0.15, -0.1) is 0 Å². The summed E-state index contributed by atoms with van der Waals surface area (Å²) >= 11 is 0. The van der Waals surface area contributed by atoms with Crippen LogP contribution in [-0.2, 0) is 6.18 Å². The minimum Gasteiger partial charge on any atom is -0.404 e. The summed E-state index contributed by atoms with van der Waals surface area (Å²) in [5.41, 5.74) is 5.68. The van der Waals surface area contributed by atoms with Gasteiger partial charge in [0.2, 0.25) is 0 Å². The molecular weight excluding hydrogens is 253 g/mol. The lowest BCUT2D eigenvalue weighted by atomic mass is 10.1. The van der Waals surface area contributed by atoms with Crippen molar-refractivity contribution in [2.24, 2.45) is 10.7 Å². The second kappa shape index (κ2) is 7.61. The standard InChI is InChI=1S/C12H13F3N2.C2H6/c1-8(6-16)7-17-10-4-3-9(2)11(5-10)12(13,14)15;1-2/h3-7H,16H2,1-2H3;1-2H3/b8-6-,17-7?;. The molecule has 0 atom stereocenters. The van der Waals surface area contributed by atoms with Crippen molar-refractivity contribution in [3.05, 3.63) is 41.1 Å². The molecule has 2 N–H and O–H groups in total. The van der Waals surface area contributed by atoms with Gasteiger partial charge >= 0.3 is 6.18 Å². The highest BCUT2D eigenvalue weighted by atomic mass is 19.4. The minimum atomic E-state index is -4.35. The predicted molar refractivity (Wildman–Crippen MR) is 73.6 cm³/mol. The Balaban J connectivity index is 0.00000154. The third-order valence-electron chi connectivity index (χ3n) is 2.21. The number of hydrogen-bond acceptors (Lipinski definition) is 2. The van der Waals surface area contributed by atoms with Gasteiger partial charge in [0.1, 0.15) is 0 Å². The Morgan fingerprint density at radius 1 is 1.26 bits per heavy atom. The van der Waals surface area contributed by atoms with Gasteiger partial charge in [0.25, 0.3) is 0 Å². The summed E-state index contributed by atoms with van der Waals surface area (Å²) in [4.78, 5) is 3.92. The number of nitrogens with zero attached hydrogens (tertiary/aromatic N) is 1. The maximum absolute atomic E-state index is 12.6. The molecule has 0 heterocycles. The van der Waals surface area contributed by atoms with Crippen molar-refractivity contribution in [3.63, 3.8) is 0 Å². The molecule has 0 saturated carbocycles. The largest absolute Gasteiger partial charge is 0.416 e. The summed E-state index contributed by atoms with van der Waals surface area (Å²) in [5, 5.41) is 0. The molecular formula is C14H19F3N2. The summed E-state index contributed by atoms with van der Waals surface area (Å²) < 4.78 is 37.8. The average Bonchev–Trinajstić information content (AvgIpc) is 2.38. The van der Waals surface area contributed by atoms with Crippen LogP contribution >= 0.6 is 0 Å². The molecule has 1 aromatic carbocycles. The molecule has 0 aromatic heterocycles. The molecule has 0 spiro atoms. The molecule has 0 radical (unpaired) electrons. The van der Waals surface area contributed by atoms with Crippen LogP contribution in [0.3, 0.4) is 0 Å². The van der Waals surface area contributed by atoms with Crippen LogP contribution in [0.4, 0.5) is 18.9 Å². The SMILES string of the molecule is C/C(C=Nc1ccc(C)c(C(F)(F)F)c1)=C/N.CC. The Hall–Kier alpha value is -1.78. The lowest BCUT2D eigenvalue weighted by Crippen LogP contribution is -2.06. The second-order valence-electron chi connectivity index (χ2n) is 3.67. The molecule has 0 aliphatic carbocycles. The van der Waals surface area contributed by atoms with Crippen LogP contribution in [0.25, 0.3) is 0 Å². The van der Waals surface area contributed by atoms with Crippen molar-refractivity contribution in [3.8, 4) is 0 Å². The predicted octanol–water partition coefficient (Wildman–Crippen LogP) is 4.60. The van der Waals surface area contributed by atoms with E-state index < -0.39 is 11.7 Å². The van der Waals surface area contributed by atoms with Crippen LogP contribution in [-0.4, -0.2) is 6.21 Å². The van der Waals surface area contributed by atoms with Crippen molar-refractivity contribution in [1.29, 1.82) is 0 Å². The third kappa shape index (κ3) is 5.59. The van der Waals surface area contributed by atoms with Gasteiger partial charge in [0.05, 0.1) is 11.3 Å². The number of halogens is 3. The van der Waals surface area contributed by atoms with E-state index in [0.29, 0.717) is 5.57 Å². The van der Waals surface area contributed by atoms with Crippen molar-refractivity contribution in [2.75, 3.05) is 0 Å². The van der Waals surface area contributed by atoms with Gasteiger partial charge in [-0.3, -0.25) is 4.99 Å². The Labute approximate surface area is 111 Å². The summed E-state index contributed by atoms with van der Waals surface area (Å²) in [5.74, 6) is 0. The molecule has 5 heteroatoms. The molecule has 0 saturated heterocycles. The maximum Gasteiger partial charge on any atom is 0.416 e. The van der Waals surface area contributed by atoms with E-state index in [-0.39, 0.29) is 11.3 Å². The first-order chi connectivity index (χ1) is 8.84. The number of aliphatic imine (C=N–C) groups is 1. The van der Waals surface area contributed by atoms with E-state index in [1.54, 1.807) is 6.92 Å². The zero-order chi connectivity index (χ0) is 15.1. The van der Waals surface area contributed by atoms with Crippen molar-refractivity contribution in [2.45, 2.75) is 33.9 Å². The molecule has 0 aliphatic heterocycles. The lowest BCUT2D eigenvalue weighted by molar-refractivity contribution is -0.138. The number of nitrogens with two attached hydrogens (primary N) is 1. The molecule has 2 nitrogen and oxygen atoms in total. The minimum absolute atomic E-state index is 0.183. The molecule has 0 bridgehead atoms. The highest BCUT2D eigenvalue weighted by molar-refractivity contribution is 5.80. The number of hydrogen-bond donors (Lipinski definition) is 1. The smallest absolute Gasteiger partial charge is 0.404 e. The van der Waals surface area contributed by atoms with E-state index in [1.165, 1.54) is 31.5 Å². The van der Waals surface area contributed by atoms with Crippen LogP contribution in [0.15, 0.2) is 35.0 Å². The number of alkyl halides is 3. The summed E-state index contributed by atoms with van der Waals surface area (Å²) in [7, 11) is 0. The van der Waals surface area contributed by atoms with Crippen LogP contribution in [0.1, 0.15) is 31.9 Å². The molecule has 0 unspecified atom stereocenters. The quantitative estimate of drug-likeness (QED) is 0.785. The molecule has 106 valence electrons. The molecule has 1 rings (SSSR count). The Morgan fingerprint density at radius 2 is 1.84 bits per heavy atom. The van der Waals surface area contributed by atoms with Crippen molar-refractivity contribution in [1.82, 2.24) is 0 Å². The first kappa shape index (κ1) is 17.2. The highest BCUT2D eigenvalue weighted by Crippen LogP contribution is 2.33. The van der Waals surface area contributed by atoms with Gasteiger partial charge in [-0.2, -0.15) is 13.2 Å². The van der Waals surface area contributed by atoms with Crippen LogP contribution in [0, 0.1) is 6.92 Å². The Kier molecular flexibility index (Phi) is 6.90. The third-order valence-corrected chi connectivity index (χ3v) is 2.21. The first-order valence-corrected chi connectivity index (χ1v) is 5.95.